The van der Waals surface area contributed by atoms with E-state index in [9.17, 15) is 0 Å². The van der Waals surface area contributed by atoms with Gasteiger partial charge in [0.1, 0.15) is 11.9 Å². The molecule has 0 aliphatic heterocycles. The Morgan fingerprint density at radius 2 is 2.12 bits per heavy atom. The molecule has 0 atom stereocenters. The Hall–Kier alpha value is -2.41. The fourth-order valence-electron chi connectivity index (χ4n) is 1.29. The van der Waals surface area contributed by atoms with Gasteiger partial charge in [-0.25, -0.2) is 4.98 Å². The van der Waals surface area contributed by atoms with Crippen LogP contribution in [0.5, 0.6) is 0 Å². The van der Waals surface area contributed by atoms with Crippen molar-refractivity contribution in [3.63, 3.8) is 0 Å². The average Bonchev–Trinajstić information content (AvgIpc) is 2.33. The highest BCUT2D eigenvalue weighted by molar-refractivity contribution is 5.58. The van der Waals surface area contributed by atoms with Gasteiger partial charge >= 0.3 is 0 Å². The number of nitrogens with zero attached hydrogens (tertiary/aromatic N) is 3. The first-order valence-electron chi connectivity index (χ1n) is 4.84. The predicted octanol–water partition coefficient (Wildman–Crippen LogP) is 2.40. The zero-order chi connectivity index (χ0) is 11.4. The molecule has 2 aromatic heterocycles. The van der Waals surface area contributed by atoms with Crippen LogP contribution in [0.25, 0.3) is 0 Å². The summed E-state index contributed by atoms with van der Waals surface area (Å²) in [6.07, 6.45) is 3.28. The Balaban J connectivity index is 2.22. The Kier molecular flexibility index (Phi) is 2.79. The highest BCUT2D eigenvalue weighted by atomic mass is 15.0. The Morgan fingerprint density at radius 3 is 2.75 bits per heavy atom. The van der Waals surface area contributed by atoms with Gasteiger partial charge < -0.3 is 5.32 Å². The standard InChI is InChI=1S/C12H10N4/c1-9-11(3-2-6-14-9)16-12-5-4-10(7-13)8-15-12/h2-6,8H,1H3,(H,15,16). The first kappa shape index (κ1) is 10.1. The lowest BCUT2D eigenvalue weighted by Gasteiger charge is -2.06. The lowest BCUT2D eigenvalue weighted by atomic mass is 10.3. The van der Waals surface area contributed by atoms with Crippen molar-refractivity contribution in [2.24, 2.45) is 0 Å². The maximum atomic E-state index is 8.64. The smallest absolute Gasteiger partial charge is 0.130 e. The molecule has 0 saturated carbocycles. The highest BCUT2D eigenvalue weighted by Gasteiger charge is 1.99. The van der Waals surface area contributed by atoms with E-state index >= 15 is 0 Å². The molecule has 2 rings (SSSR count). The van der Waals surface area contributed by atoms with Gasteiger partial charge in [-0.05, 0) is 31.2 Å². The first-order chi connectivity index (χ1) is 7.79. The lowest BCUT2D eigenvalue weighted by molar-refractivity contribution is 1.19. The van der Waals surface area contributed by atoms with Crippen LogP contribution in [0.3, 0.4) is 0 Å². The second-order valence-electron chi connectivity index (χ2n) is 3.31. The van der Waals surface area contributed by atoms with Crippen LogP contribution in [-0.2, 0) is 0 Å². The van der Waals surface area contributed by atoms with Crippen molar-refractivity contribution in [1.82, 2.24) is 9.97 Å². The van der Waals surface area contributed by atoms with Gasteiger partial charge in [0, 0.05) is 12.4 Å². The van der Waals surface area contributed by atoms with E-state index in [4.69, 9.17) is 5.26 Å². The minimum Gasteiger partial charge on any atom is -0.339 e. The summed E-state index contributed by atoms with van der Waals surface area (Å²) in [5.74, 6) is 0.704. The van der Waals surface area contributed by atoms with Crippen LogP contribution < -0.4 is 5.32 Å². The van der Waals surface area contributed by atoms with Gasteiger partial charge in [-0.1, -0.05) is 0 Å². The predicted molar refractivity (Wildman–Crippen MR) is 61.2 cm³/mol. The molecule has 78 valence electrons. The molecule has 0 fully saturated rings. The van der Waals surface area contributed by atoms with Gasteiger partial charge in [0.15, 0.2) is 0 Å². The molecule has 0 aliphatic carbocycles. The lowest BCUT2D eigenvalue weighted by Crippen LogP contribution is -1.96. The molecule has 0 radical (unpaired) electrons. The van der Waals surface area contributed by atoms with Gasteiger partial charge in [-0.3, -0.25) is 4.98 Å². The van der Waals surface area contributed by atoms with Crippen LogP contribution >= 0.6 is 0 Å². The van der Waals surface area contributed by atoms with E-state index < -0.39 is 0 Å². The Morgan fingerprint density at radius 1 is 1.25 bits per heavy atom. The van der Waals surface area contributed by atoms with Crippen molar-refractivity contribution in [1.29, 1.82) is 5.26 Å². The molecule has 0 unspecified atom stereocenters. The topological polar surface area (TPSA) is 61.6 Å². The Bertz CT molecular complexity index is 525. The molecule has 0 bridgehead atoms. The number of hydrogen-bond donors (Lipinski definition) is 1. The maximum Gasteiger partial charge on any atom is 0.130 e. The number of pyridine rings is 2. The van der Waals surface area contributed by atoms with E-state index in [2.05, 4.69) is 15.3 Å². The number of hydrogen-bond acceptors (Lipinski definition) is 4. The van der Waals surface area contributed by atoms with E-state index in [1.807, 2.05) is 25.1 Å². The number of nitrogens with one attached hydrogen (secondary N) is 1. The number of anilines is 2. The fourth-order valence-corrected chi connectivity index (χ4v) is 1.29. The molecule has 0 aliphatic rings. The van der Waals surface area contributed by atoms with Crippen LogP contribution in [0.1, 0.15) is 11.3 Å². The van der Waals surface area contributed by atoms with Gasteiger partial charge in [0.2, 0.25) is 0 Å². The van der Waals surface area contributed by atoms with Crippen molar-refractivity contribution >= 4 is 11.5 Å². The molecule has 2 heterocycles. The Labute approximate surface area is 93.6 Å². The van der Waals surface area contributed by atoms with E-state index in [0.29, 0.717) is 11.4 Å². The molecule has 2 aromatic rings. The normalized spacial score (nSPS) is 9.50. The highest BCUT2D eigenvalue weighted by Crippen LogP contribution is 2.16. The monoisotopic (exact) mass is 210 g/mol. The zero-order valence-corrected chi connectivity index (χ0v) is 8.81. The van der Waals surface area contributed by atoms with Crippen molar-refractivity contribution in [2.75, 3.05) is 5.32 Å². The summed E-state index contributed by atoms with van der Waals surface area (Å²) in [6.45, 7) is 1.92. The van der Waals surface area contributed by atoms with Gasteiger partial charge in [0.25, 0.3) is 0 Å². The first-order valence-corrected chi connectivity index (χ1v) is 4.84. The summed E-state index contributed by atoms with van der Waals surface area (Å²) in [6, 6.07) is 9.31. The molecule has 4 nitrogen and oxygen atoms in total. The SMILES string of the molecule is Cc1ncccc1Nc1ccc(C#N)cn1. The molecule has 4 heteroatoms. The third-order valence-electron chi connectivity index (χ3n) is 2.16. The van der Waals surface area contributed by atoms with Gasteiger partial charge in [-0.2, -0.15) is 5.26 Å². The summed E-state index contributed by atoms with van der Waals surface area (Å²) in [5, 5.41) is 11.8. The number of rotatable bonds is 2. The van der Waals surface area contributed by atoms with Gasteiger partial charge in [-0.15, -0.1) is 0 Å². The molecule has 16 heavy (non-hydrogen) atoms. The van der Waals surface area contributed by atoms with Crippen molar-refractivity contribution in [3.8, 4) is 6.07 Å². The average molecular weight is 210 g/mol. The maximum absolute atomic E-state index is 8.64. The molecular formula is C12H10N4. The second kappa shape index (κ2) is 4.41. The summed E-state index contributed by atoms with van der Waals surface area (Å²) >= 11 is 0. The summed E-state index contributed by atoms with van der Waals surface area (Å²) in [4.78, 5) is 8.29. The molecule has 0 saturated heterocycles. The third-order valence-corrected chi connectivity index (χ3v) is 2.16. The minimum absolute atomic E-state index is 0.549. The van der Waals surface area contributed by atoms with Crippen LogP contribution in [0.2, 0.25) is 0 Å². The fraction of sp³-hybridized carbons (Fsp3) is 0.0833. The number of nitriles is 1. The summed E-state index contributed by atoms with van der Waals surface area (Å²) in [7, 11) is 0. The quantitative estimate of drug-likeness (QED) is 0.826. The largest absolute Gasteiger partial charge is 0.339 e. The summed E-state index contributed by atoms with van der Waals surface area (Å²) in [5.41, 5.74) is 2.38. The third kappa shape index (κ3) is 2.15. The zero-order valence-electron chi connectivity index (χ0n) is 8.81. The van der Waals surface area contributed by atoms with Crippen LogP contribution in [0.15, 0.2) is 36.7 Å². The van der Waals surface area contributed by atoms with Gasteiger partial charge in [0.05, 0.1) is 16.9 Å². The van der Waals surface area contributed by atoms with E-state index in [1.54, 1.807) is 18.3 Å². The molecule has 0 spiro atoms. The molecule has 0 aromatic carbocycles. The van der Waals surface area contributed by atoms with E-state index in [-0.39, 0.29) is 0 Å². The van der Waals surface area contributed by atoms with Crippen LogP contribution in [0, 0.1) is 18.3 Å². The minimum atomic E-state index is 0.549. The summed E-state index contributed by atoms with van der Waals surface area (Å²) < 4.78 is 0. The van der Waals surface area contributed by atoms with E-state index in [0.717, 1.165) is 11.4 Å². The molecular weight excluding hydrogens is 200 g/mol. The van der Waals surface area contributed by atoms with Crippen LogP contribution in [0.4, 0.5) is 11.5 Å². The second-order valence-corrected chi connectivity index (χ2v) is 3.31. The van der Waals surface area contributed by atoms with E-state index in [1.165, 1.54) is 6.20 Å². The number of aryl methyl sites for hydroxylation is 1. The molecule has 0 amide bonds. The van der Waals surface area contributed by atoms with Crippen molar-refractivity contribution in [3.05, 3.63) is 47.9 Å². The number of aromatic nitrogens is 2. The van der Waals surface area contributed by atoms with Crippen molar-refractivity contribution < 1.29 is 0 Å². The van der Waals surface area contributed by atoms with Crippen LogP contribution in [-0.4, -0.2) is 9.97 Å². The molecule has 1 N–H and O–H groups in total. The van der Waals surface area contributed by atoms with Crippen molar-refractivity contribution in [2.45, 2.75) is 6.92 Å².